The highest BCUT2D eigenvalue weighted by atomic mass is 35.5. The third kappa shape index (κ3) is 4.47. The minimum atomic E-state index is -1.02. The first-order valence-electron chi connectivity index (χ1n) is 6.69. The van der Waals surface area contributed by atoms with Gasteiger partial charge in [0.2, 0.25) is 0 Å². The number of rotatable bonds is 5. The second-order valence-corrected chi connectivity index (χ2v) is 5.54. The predicted octanol–water partition coefficient (Wildman–Crippen LogP) is 5.37. The normalized spacial score (nSPS) is 12.3. The van der Waals surface area contributed by atoms with Crippen molar-refractivity contribution in [3.05, 3.63) is 69.5 Å². The first-order chi connectivity index (χ1) is 10.9. The lowest BCUT2D eigenvalue weighted by Gasteiger charge is -2.18. The highest BCUT2D eigenvalue weighted by molar-refractivity contribution is 6.36. The molecule has 0 spiro atoms. The second-order valence-electron chi connectivity index (χ2n) is 4.76. The van der Waals surface area contributed by atoms with Gasteiger partial charge in [-0.2, -0.15) is 0 Å². The Bertz CT molecular complexity index is 742. The number of carbonyl (C=O) groups is 1. The number of carboxylic acids is 1. The van der Waals surface area contributed by atoms with Gasteiger partial charge in [-0.3, -0.25) is 0 Å². The monoisotopic (exact) mass is 354 g/mol. The van der Waals surface area contributed by atoms with Crippen molar-refractivity contribution in [1.82, 2.24) is 0 Å². The van der Waals surface area contributed by atoms with Crippen LogP contribution in [0, 0.1) is 5.82 Å². The predicted molar refractivity (Wildman–Crippen MR) is 88.6 cm³/mol. The first-order valence-corrected chi connectivity index (χ1v) is 7.45. The van der Waals surface area contributed by atoms with Gasteiger partial charge in [-0.05, 0) is 42.8 Å². The summed E-state index contributed by atoms with van der Waals surface area (Å²) in [6.07, 6.45) is 1.96. The lowest BCUT2D eigenvalue weighted by molar-refractivity contribution is -0.131. The quantitative estimate of drug-likeness (QED) is 0.579. The van der Waals surface area contributed by atoms with Crippen molar-refractivity contribution in [2.45, 2.75) is 13.0 Å². The lowest BCUT2D eigenvalue weighted by atomic mass is 10.1. The second kappa shape index (κ2) is 7.49. The van der Waals surface area contributed by atoms with E-state index in [9.17, 15) is 9.18 Å². The van der Waals surface area contributed by atoms with Gasteiger partial charge in [0.05, 0.1) is 5.02 Å². The summed E-state index contributed by atoms with van der Waals surface area (Å²) < 4.78 is 19.3. The zero-order valence-electron chi connectivity index (χ0n) is 12.1. The van der Waals surface area contributed by atoms with Crippen LogP contribution in [0.3, 0.4) is 0 Å². The van der Waals surface area contributed by atoms with E-state index in [0.717, 1.165) is 6.08 Å². The average Bonchev–Trinajstić information content (AvgIpc) is 2.50. The minimum Gasteiger partial charge on any atom is -0.486 e. The Labute approximate surface area is 142 Å². The van der Waals surface area contributed by atoms with Crippen LogP contribution in [0.1, 0.15) is 24.2 Å². The molecule has 0 amide bonds. The molecule has 0 heterocycles. The van der Waals surface area contributed by atoms with Crippen molar-refractivity contribution in [3.63, 3.8) is 0 Å². The number of ether oxygens (including phenoxy) is 1. The number of carboxylic acid groups (broad SMARTS) is 1. The van der Waals surface area contributed by atoms with Crippen LogP contribution in [0.25, 0.3) is 6.08 Å². The Balaban J connectivity index is 2.16. The van der Waals surface area contributed by atoms with Crippen LogP contribution in [0.5, 0.6) is 5.75 Å². The van der Waals surface area contributed by atoms with Gasteiger partial charge in [-0.25, -0.2) is 9.18 Å². The summed E-state index contributed by atoms with van der Waals surface area (Å²) >= 11 is 12.0. The van der Waals surface area contributed by atoms with Crippen LogP contribution < -0.4 is 4.74 Å². The van der Waals surface area contributed by atoms with E-state index in [1.807, 2.05) is 0 Å². The van der Waals surface area contributed by atoms with Crippen LogP contribution >= 0.6 is 23.2 Å². The van der Waals surface area contributed by atoms with Crippen molar-refractivity contribution in [2.24, 2.45) is 0 Å². The van der Waals surface area contributed by atoms with Gasteiger partial charge in [0, 0.05) is 16.7 Å². The molecule has 0 unspecified atom stereocenters. The minimum absolute atomic E-state index is 0.0639. The number of benzene rings is 2. The van der Waals surface area contributed by atoms with Gasteiger partial charge >= 0.3 is 5.97 Å². The third-order valence-electron chi connectivity index (χ3n) is 3.10. The van der Waals surface area contributed by atoms with E-state index in [1.54, 1.807) is 31.2 Å². The largest absolute Gasteiger partial charge is 0.486 e. The molecule has 0 saturated carbocycles. The fraction of sp³-hybridized carbons (Fsp3) is 0.118. The van der Waals surface area contributed by atoms with Crippen LogP contribution in [-0.2, 0) is 4.79 Å². The van der Waals surface area contributed by atoms with E-state index < -0.39 is 17.9 Å². The molecule has 6 heteroatoms. The smallest absolute Gasteiger partial charge is 0.328 e. The van der Waals surface area contributed by atoms with Gasteiger partial charge in [0.25, 0.3) is 0 Å². The summed E-state index contributed by atoms with van der Waals surface area (Å²) in [6.45, 7) is 1.71. The van der Waals surface area contributed by atoms with Gasteiger partial charge in [-0.15, -0.1) is 0 Å². The molecule has 2 aromatic carbocycles. The molecule has 0 aliphatic heterocycles. The molecule has 0 aliphatic rings. The van der Waals surface area contributed by atoms with E-state index in [2.05, 4.69) is 0 Å². The maximum Gasteiger partial charge on any atom is 0.328 e. The van der Waals surface area contributed by atoms with Gasteiger partial charge in [0.1, 0.15) is 17.7 Å². The van der Waals surface area contributed by atoms with Crippen molar-refractivity contribution in [2.75, 3.05) is 0 Å². The number of hydrogen-bond donors (Lipinski definition) is 1. The van der Waals surface area contributed by atoms with E-state index in [4.69, 9.17) is 33.0 Å². The SMILES string of the molecule is C[C@H](Oc1ccc(/C=C/C(=O)O)cc1)c1c(Cl)ccc(F)c1Cl. The summed E-state index contributed by atoms with van der Waals surface area (Å²) in [6, 6.07) is 9.40. The van der Waals surface area contributed by atoms with Crippen LogP contribution in [0.4, 0.5) is 4.39 Å². The molecule has 0 aliphatic carbocycles. The standard InChI is InChI=1S/C17H13Cl2FO3/c1-10(16-13(18)7-8-14(20)17(16)19)23-12-5-2-11(3-6-12)4-9-15(21)22/h2-10H,1H3,(H,21,22)/b9-4+/t10-/m0/s1. The molecular formula is C17H13Cl2FO3. The molecule has 0 fully saturated rings. The maximum atomic E-state index is 13.6. The zero-order valence-corrected chi connectivity index (χ0v) is 13.6. The lowest BCUT2D eigenvalue weighted by Crippen LogP contribution is -2.05. The summed E-state index contributed by atoms with van der Waals surface area (Å²) in [5, 5.41) is 8.84. The molecule has 2 aromatic rings. The summed E-state index contributed by atoms with van der Waals surface area (Å²) in [5.74, 6) is -1.05. The fourth-order valence-corrected chi connectivity index (χ4v) is 2.68. The average molecular weight is 355 g/mol. The maximum absolute atomic E-state index is 13.6. The molecule has 1 atom stereocenters. The Kier molecular flexibility index (Phi) is 5.64. The van der Waals surface area contributed by atoms with Crippen LogP contribution in [-0.4, -0.2) is 11.1 Å². The molecule has 0 bridgehead atoms. The van der Waals surface area contributed by atoms with E-state index in [1.165, 1.54) is 18.2 Å². The summed E-state index contributed by atoms with van der Waals surface area (Å²) in [7, 11) is 0. The Morgan fingerprint density at radius 2 is 1.87 bits per heavy atom. The molecule has 120 valence electrons. The Morgan fingerprint density at radius 3 is 2.48 bits per heavy atom. The molecule has 2 rings (SSSR count). The van der Waals surface area contributed by atoms with Gasteiger partial charge in [0.15, 0.2) is 0 Å². The number of halogens is 3. The summed E-state index contributed by atoms with van der Waals surface area (Å²) in [4.78, 5) is 10.5. The fourth-order valence-electron chi connectivity index (χ4n) is 2.00. The van der Waals surface area contributed by atoms with Crippen molar-refractivity contribution >= 4 is 35.2 Å². The van der Waals surface area contributed by atoms with Crippen molar-refractivity contribution < 1.29 is 19.0 Å². The van der Waals surface area contributed by atoms with Gasteiger partial charge < -0.3 is 9.84 Å². The highest BCUT2D eigenvalue weighted by Crippen LogP contribution is 2.34. The molecular weight excluding hydrogens is 342 g/mol. The topological polar surface area (TPSA) is 46.5 Å². The van der Waals surface area contributed by atoms with Gasteiger partial charge in [-0.1, -0.05) is 35.3 Å². The van der Waals surface area contributed by atoms with Crippen LogP contribution in [0.15, 0.2) is 42.5 Å². The summed E-state index contributed by atoms with van der Waals surface area (Å²) in [5.41, 5.74) is 1.09. The van der Waals surface area contributed by atoms with Crippen LogP contribution in [0.2, 0.25) is 10.0 Å². The zero-order chi connectivity index (χ0) is 17.0. The van der Waals surface area contributed by atoms with E-state index in [0.29, 0.717) is 21.9 Å². The first kappa shape index (κ1) is 17.3. The molecule has 0 saturated heterocycles. The van der Waals surface area contributed by atoms with Crippen molar-refractivity contribution in [1.29, 1.82) is 0 Å². The number of hydrogen-bond acceptors (Lipinski definition) is 2. The third-order valence-corrected chi connectivity index (χ3v) is 3.81. The Morgan fingerprint density at radius 1 is 1.22 bits per heavy atom. The molecule has 1 N–H and O–H groups in total. The Hall–Kier alpha value is -2.04. The van der Waals surface area contributed by atoms with Crippen molar-refractivity contribution in [3.8, 4) is 5.75 Å². The van der Waals surface area contributed by atoms with E-state index >= 15 is 0 Å². The molecule has 23 heavy (non-hydrogen) atoms. The number of aliphatic carboxylic acids is 1. The highest BCUT2D eigenvalue weighted by Gasteiger charge is 2.18. The molecule has 0 radical (unpaired) electrons. The molecule has 3 nitrogen and oxygen atoms in total. The van der Waals surface area contributed by atoms with E-state index in [-0.39, 0.29) is 5.02 Å². The molecule has 0 aromatic heterocycles.